The smallest absolute Gasteiger partial charge is 0.218 e. The molecule has 0 saturated heterocycles. The van der Waals surface area contributed by atoms with Crippen LogP contribution >= 0.6 is 27.5 Å². The number of benzene rings is 1. The van der Waals surface area contributed by atoms with Crippen molar-refractivity contribution in [3.63, 3.8) is 0 Å². The fourth-order valence-electron chi connectivity index (χ4n) is 1.01. The second-order valence-electron chi connectivity index (χ2n) is 2.58. The summed E-state index contributed by atoms with van der Waals surface area (Å²) in [4.78, 5) is 3.91. The van der Waals surface area contributed by atoms with Crippen molar-refractivity contribution in [1.82, 2.24) is 15.2 Å². The first-order chi connectivity index (χ1) is 6.66. The van der Waals surface area contributed by atoms with Gasteiger partial charge < -0.3 is 0 Å². The summed E-state index contributed by atoms with van der Waals surface area (Å²) in [5.74, 6) is 0.117. The second-order valence-corrected chi connectivity index (χ2v) is 3.79. The molecule has 0 saturated carbocycles. The Labute approximate surface area is 92.4 Å². The van der Waals surface area contributed by atoms with E-state index in [-0.39, 0.29) is 11.1 Å². The van der Waals surface area contributed by atoms with Crippen molar-refractivity contribution >= 4 is 27.5 Å². The molecule has 1 N–H and O–H groups in total. The average molecular weight is 276 g/mol. The molecule has 6 heteroatoms. The van der Waals surface area contributed by atoms with Gasteiger partial charge in [-0.15, -0.1) is 0 Å². The number of rotatable bonds is 1. The van der Waals surface area contributed by atoms with Crippen molar-refractivity contribution < 1.29 is 4.39 Å². The normalized spacial score (nSPS) is 10.5. The third-order valence-corrected chi connectivity index (χ3v) is 2.41. The van der Waals surface area contributed by atoms with E-state index < -0.39 is 0 Å². The van der Waals surface area contributed by atoms with Crippen LogP contribution in [0.15, 0.2) is 22.7 Å². The van der Waals surface area contributed by atoms with Crippen molar-refractivity contribution in [1.29, 1.82) is 0 Å². The van der Waals surface area contributed by atoms with E-state index in [2.05, 4.69) is 31.1 Å². The molecule has 72 valence electrons. The van der Waals surface area contributed by atoms with E-state index in [0.717, 1.165) is 0 Å². The van der Waals surface area contributed by atoms with Gasteiger partial charge in [0.1, 0.15) is 5.82 Å². The summed E-state index contributed by atoms with van der Waals surface area (Å²) >= 11 is 8.64. The molecule has 3 nitrogen and oxygen atoms in total. The van der Waals surface area contributed by atoms with Gasteiger partial charge in [-0.2, -0.15) is 10.1 Å². The van der Waals surface area contributed by atoms with Gasteiger partial charge in [0.2, 0.25) is 5.28 Å². The minimum Gasteiger partial charge on any atom is -0.249 e. The van der Waals surface area contributed by atoms with Crippen molar-refractivity contribution in [2.24, 2.45) is 0 Å². The molecule has 1 aromatic heterocycles. The Hall–Kier alpha value is -0.940. The quantitative estimate of drug-likeness (QED) is 0.870. The van der Waals surface area contributed by atoms with Crippen LogP contribution in [0.3, 0.4) is 0 Å². The molecule has 0 radical (unpaired) electrons. The lowest BCUT2D eigenvalue weighted by molar-refractivity contribution is 0.621. The molecule has 2 aromatic rings. The minimum atomic E-state index is -0.324. The highest BCUT2D eigenvalue weighted by Gasteiger charge is 2.06. The summed E-state index contributed by atoms with van der Waals surface area (Å²) in [5.41, 5.74) is 0.696. The number of H-pyrrole nitrogens is 1. The van der Waals surface area contributed by atoms with E-state index in [1.165, 1.54) is 6.07 Å². The highest BCUT2D eigenvalue weighted by atomic mass is 79.9. The number of halogens is 3. The van der Waals surface area contributed by atoms with Crippen LogP contribution in [0.4, 0.5) is 4.39 Å². The Morgan fingerprint density at radius 2 is 2.21 bits per heavy atom. The Bertz CT molecular complexity index is 471. The van der Waals surface area contributed by atoms with Crippen LogP contribution in [0.25, 0.3) is 11.4 Å². The van der Waals surface area contributed by atoms with Crippen LogP contribution < -0.4 is 0 Å². The van der Waals surface area contributed by atoms with Crippen LogP contribution in [-0.4, -0.2) is 15.2 Å². The fraction of sp³-hybridized carbons (Fsp3) is 0. The Morgan fingerprint density at radius 1 is 1.43 bits per heavy atom. The van der Waals surface area contributed by atoms with Crippen LogP contribution in [0.1, 0.15) is 0 Å². The number of nitrogens with zero attached hydrogens (tertiary/aromatic N) is 2. The molecule has 14 heavy (non-hydrogen) atoms. The van der Waals surface area contributed by atoms with Gasteiger partial charge in [-0.3, -0.25) is 0 Å². The zero-order chi connectivity index (χ0) is 10.1. The van der Waals surface area contributed by atoms with Crippen LogP contribution in [0.2, 0.25) is 5.28 Å². The highest BCUT2D eigenvalue weighted by molar-refractivity contribution is 9.10. The predicted molar refractivity (Wildman–Crippen MR) is 54.5 cm³/mol. The van der Waals surface area contributed by atoms with Crippen molar-refractivity contribution in [2.45, 2.75) is 0 Å². The number of hydrogen-bond donors (Lipinski definition) is 1. The minimum absolute atomic E-state index is 0.209. The van der Waals surface area contributed by atoms with Gasteiger partial charge in [-0.1, -0.05) is 0 Å². The van der Waals surface area contributed by atoms with Gasteiger partial charge in [0.25, 0.3) is 0 Å². The molecule has 0 unspecified atom stereocenters. The summed E-state index contributed by atoms with van der Waals surface area (Å²) in [6.07, 6.45) is 0. The van der Waals surface area contributed by atoms with E-state index in [1.54, 1.807) is 12.1 Å². The van der Waals surface area contributed by atoms with Crippen LogP contribution in [0, 0.1) is 5.82 Å². The zero-order valence-corrected chi connectivity index (χ0v) is 9.10. The summed E-state index contributed by atoms with van der Waals surface area (Å²) in [5, 5.41) is 6.55. The molecule has 0 aliphatic rings. The van der Waals surface area contributed by atoms with Crippen molar-refractivity contribution in [2.75, 3.05) is 0 Å². The van der Waals surface area contributed by atoms with E-state index in [4.69, 9.17) is 11.6 Å². The molecule has 0 amide bonds. The fourth-order valence-corrected chi connectivity index (χ4v) is 1.51. The maximum atomic E-state index is 12.9. The summed E-state index contributed by atoms with van der Waals surface area (Å²) < 4.78 is 13.3. The molecule has 0 bridgehead atoms. The highest BCUT2D eigenvalue weighted by Crippen LogP contribution is 2.23. The Morgan fingerprint density at radius 3 is 2.79 bits per heavy atom. The number of aromatic amines is 1. The molecule has 0 fully saturated rings. The van der Waals surface area contributed by atoms with E-state index in [1.807, 2.05) is 0 Å². The molecular formula is C8H4BrClFN3. The number of nitrogens with one attached hydrogen (secondary N) is 1. The Balaban J connectivity index is 2.47. The first-order valence-corrected chi connectivity index (χ1v) is 4.87. The summed E-state index contributed by atoms with van der Waals surface area (Å²) in [6.45, 7) is 0. The lowest BCUT2D eigenvalue weighted by Gasteiger charge is -1.96. The average Bonchev–Trinajstić information content (AvgIpc) is 2.57. The molecule has 2 rings (SSSR count). The maximum Gasteiger partial charge on any atom is 0.218 e. The third-order valence-electron chi connectivity index (χ3n) is 1.64. The SMILES string of the molecule is Fc1ccc(-c2n[nH]c(Cl)n2)cc1Br. The van der Waals surface area contributed by atoms with E-state index in [0.29, 0.717) is 15.9 Å². The third kappa shape index (κ3) is 1.78. The molecular weight excluding hydrogens is 272 g/mol. The van der Waals surface area contributed by atoms with Gasteiger partial charge in [-0.05, 0) is 45.7 Å². The van der Waals surface area contributed by atoms with Crippen LogP contribution in [0.5, 0.6) is 0 Å². The largest absolute Gasteiger partial charge is 0.249 e. The molecule has 0 aliphatic heterocycles. The molecule has 1 heterocycles. The van der Waals surface area contributed by atoms with Crippen LogP contribution in [-0.2, 0) is 0 Å². The number of aromatic nitrogens is 3. The van der Waals surface area contributed by atoms with Gasteiger partial charge in [0, 0.05) is 5.56 Å². The summed E-state index contributed by atoms with van der Waals surface area (Å²) in [7, 11) is 0. The molecule has 0 aliphatic carbocycles. The molecule has 0 spiro atoms. The van der Waals surface area contributed by atoms with E-state index in [9.17, 15) is 4.39 Å². The molecule has 0 atom stereocenters. The Kier molecular flexibility index (Phi) is 2.52. The molecule has 1 aromatic carbocycles. The lowest BCUT2D eigenvalue weighted by atomic mass is 10.2. The monoisotopic (exact) mass is 275 g/mol. The van der Waals surface area contributed by atoms with Crippen molar-refractivity contribution in [3.8, 4) is 11.4 Å². The topological polar surface area (TPSA) is 41.6 Å². The van der Waals surface area contributed by atoms with Gasteiger partial charge in [0.15, 0.2) is 5.82 Å². The first-order valence-electron chi connectivity index (χ1n) is 3.70. The van der Waals surface area contributed by atoms with Gasteiger partial charge >= 0.3 is 0 Å². The standard InChI is InChI=1S/C8H4BrClFN3/c9-5-3-4(1-2-6(5)11)7-12-8(10)14-13-7/h1-3H,(H,12,13,14). The van der Waals surface area contributed by atoms with E-state index >= 15 is 0 Å². The van der Waals surface area contributed by atoms with Crippen molar-refractivity contribution in [3.05, 3.63) is 33.8 Å². The van der Waals surface area contributed by atoms with Gasteiger partial charge in [0.05, 0.1) is 4.47 Å². The predicted octanol–water partition coefficient (Wildman–Crippen LogP) is 3.03. The number of hydrogen-bond acceptors (Lipinski definition) is 2. The second kappa shape index (κ2) is 3.67. The zero-order valence-electron chi connectivity index (χ0n) is 6.76. The van der Waals surface area contributed by atoms with Gasteiger partial charge in [-0.25, -0.2) is 9.49 Å². The first kappa shape index (κ1) is 9.61. The maximum absolute atomic E-state index is 12.9. The lowest BCUT2D eigenvalue weighted by Crippen LogP contribution is -1.83. The summed E-state index contributed by atoms with van der Waals surface area (Å²) in [6, 6.07) is 4.51.